The van der Waals surface area contributed by atoms with Crippen LogP contribution in [0.3, 0.4) is 0 Å². The molecule has 0 fully saturated rings. The van der Waals surface area contributed by atoms with E-state index in [4.69, 9.17) is 4.74 Å². The van der Waals surface area contributed by atoms with Crippen LogP contribution >= 0.6 is 0 Å². The van der Waals surface area contributed by atoms with Crippen molar-refractivity contribution in [2.45, 2.75) is 11.8 Å². The number of imidazole rings is 1. The van der Waals surface area contributed by atoms with E-state index < -0.39 is 10.0 Å². The van der Waals surface area contributed by atoms with Crippen molar-refractivity contribution in [3.8, 4) is 11.6 Å². The third-order valence-electron chi connectivity index (χ3n) is 3.21. The highest BCUT2D eigenvalue weighted by atomic mass is 32.2. The van der Waals surface area contributed by atoms with Gasteiger partial charge in [0.05, 0.1) is 23.4 Å². The third-order valence-corrected chi connectivity index (χ3v) is 4.61. The number of anilines is 1. The Morgan fingerprint density at radius 3 is 2.54 bits per heavy atom. The Kier molecular flexibility index (Phi) is 4.48. The fourth-order valence-corrected chi connectivity index (χ4v) is 3.13. The molecule has 124 valence electrons. The molecule has 0 atom stereocenters. The van der Waals surface area contributed by atoms with E-state index in [9.17, 15) is 8.42 Å². The summed E-state index contributed by atoms with van der Waals surface area (Å²) in [6.45, 7) is 2.39. The van der Waals surface area contributed by atoms with E-state index >= 15 is 0 Å². The molecule has 0 aliphatic heterocycles. The molecule has 24 heavy (non-hydrogen) atoms. The summed E-state index contributed by atoms with van der Waals surface area (Å²) in [6.07, 6.45) is 6.48. The molecule has 0 bridgehead atoms. The molecule has 0 aliphatic rings. The number of pyridine rings is 1. The number of aromatic nitrogens is 3. The topological polar surface area (TPSA) is 86.1 Å². The zero-order valence-electron chi connectivity index (χ0n) is 13.0. The van der Waals surface area contributed by atoms with Crippen LogP contribution in [0.1, 0.15) is 6.92 Å². The van der Waals surface area contributed by atoms with Crippen LogP contribution in [0.2, 0.25) is 0 Å². The van der Waals surface area contributed by atoms with Gasteiger partial charge in [0.2, 0.25) is 0 Å². The van der Waals surface area contributed by atoms with Crippen LogP contribution in [0, 0.1) is 0 Å². The molecule has 1 N–H and O–H groups in total. The Morgan fingerprint density at radius 1 is 1.17 bits per heavy atom. The van der Waals surface area contributed by atoms with Crippen molar-refractivity contribution in [1.82, 2.24) is 14.5 Å². The molecule has 0 saturated heterocycles. The molecule has 0 amide bonds. The van der Waals surface area contributed by atoms with Crippen LogP contribution in [0.25, 0.3) is 5.82 Å². The van der Waals surface area contributed by atoms with Gasteiger partial charge in [-0.15, -0.1) is 0 Å². The van der Waals surface area contributed by atoms with E-state index in [-0.39, 0.29) is 4.90 Å². The SMILES string of the molecule is CCOc1ccc(S(=O)(=O)Nc2ccc(-n3ccnc3)nc2)cc1. The normalized spacial score (nSPS) is 11.2. The second-order valence-electron chi connectivity index (χ2n) is 4.88. The fraction of sp³-hybridized carbons (Fsp3) is 0.125. The minimum Gasteiger partial charge on any atom is -0.494 e. The number of hydrogen-bond acceptors (Lipinski definition) is 5. The van der Waals surface area contributed by atoms with Gasteiger partial charge in [-0.1, -0.05) is 0 Å². The first-order valence-electron chi connectivity index (χ1n) is 7.28. The molecule has 2 heterocycles. The number of benzene rings is 1. The van der Waals surface area contributed by atoms with Gasteiger partial charge in [-0.3, -0.25) is 9.29 Å². The van der Waals surface area contributed by atoms with Crippen molar-refractivity contribution in [1.29, 1.82) is 0 Å². The lowest BCUT2D eigenvalue weighted by Crippen LogP contribution is -2.13. The Bertz CT molecular complexity index is 890. The maximum atomic E-state index is 12.4. The van der Waals surface area contributed by atoms with Gasteiger partial charge in [-0.2, -0.15) is 0 Å². The first-order chi connectivity index (χ1) is 11.6. The van der Waals surface area contributed by atoms with Gasteiger partial charge in [0.15, 0.2) is 0 Å². The highest BCUT2D eigenvalue weighted by Crippen LogP contribution is 2.19. The molecule has 1 aromatic carbocycles. The van der Waals surface area contributed by atoms with Gasteiger partial charge in [-0.25, -0.2) is 18.4 Å². The summed E-state index contributed by atoms with van der Waals surface area (Å²) in [5.41, 5.74) is 0.382. The summed E-state index contributed by atoms with van der Waals surface area (Å²) in [5, 5.41) is 0. The van der Waals surface area contributed by atoms with Crippen LogP contribution < -0.4 is 9.46 Å². The van der Waals surface area contributed by atoms with Crippen molar-refractivity contribution in [3.63, 3.8) is 0 Å². The summed E-state index contributed by atoms with van der Waals surface area (Å²) >= 11 is 0. The Hall–Kier alpha value is -2.87. The van der Waals surface area contributed by atoms with E-state index in [0.717, 1.165) is 0 Å². The van der Waals surface area contributed by atoms with Crippen LogP contribution in [-0.2, 0) is 10.0 Å². The van der Waals surface area contributed by atoms with Crippen molar-refractivity contribution >= 4 is 15.7 Å². The highest BCUT2D eigenvalue weighted by Gasteiger charge is 2.14. The Morgan fingerprint density at radius 2 is 1.96 bits per heavy atom. The van der Waals surface area contributed by atoms with Crippen molar-refractivity contribution < 1.29 is 13.2 Å². The molecule has 3 rings (SSSR count). The predicted octanol–water partition coefficient (Wildman–Crippen LogP) is 2.47. The molecular weight excluding hydrogens is 328 g/mol. The number of hydrogen-bond donors (Lipinski definition) is 1. The number of nitrogens with zero attached hydrogens (tertiary/aromatic N) is 3. The largest absolute Gasteiger partial charge is 0.494 e. The smallest absolute Gasteiger partial charge is 0.261 e. The third kappa shape index (κ3) is 3.54. The molecule has 3 aromatic rings. The minimum absolute atomic E-state index is 0.157. The lowest BCUT2D eigenvalue weighted by atomic mass is 10.3. The lowest BCUT2D eigenvalue weighted by Gasteiger charge is -2.09. The summed E-state index contributed by atoms with van der Waals surface area (Å²) in [4.78, 5) is 8.31. The van der Waals surface area contributed by atoms with E-state index in [1.807, 2.05) is 6.92 Å². The van der Waals surface area contributed by atoms with Crippen molar-refractivity contribution in [3.05, 3.63) is 61.3 Å². The maximum absolute atomic E-state index is 12.4. The fourth-order valence-electron chi connectivity index (χ4n) is 2.09. The first kappa shape index (κ1) is 16.0. The van der Waals surface area contributed by atoms with Crippen LogP contribution in [-0.4, -0.2) is 29.6 Å². The second-order valence-corrected chi connectivity index (χ2v) is 6.57. The molecule has 0 unspecified atom stereocenters. The van der Waals surface area contributed by atoms with Gasteiger partial charge >= 0.3 is 0 Å². The van der Waals surface area contributed by atoms with Crippen LogP contribution in [0.5, 0.6) is 5.75 Å². The van der Waals surface area contributed by atoms with E-state index in [0.29, 0.717) is 23.9 Å². The van der Waals surface area contributed by atoms with Crippen molar-refractivity contribution in [2.24, 2.45) is 0 Å². The highest BCUT2D eigenvalue weighted by molar-refractivity contribution is 7.92. The summed E-state index contributed by atoms with van der Waals surface area (Å²) < 4.78 is 34.3. The van der Waals surface area contributed by atoms with E-state index in [1.54, 1.807) is 47.6 Å². The summed E-state index contributed by atoms with van der Waals surface area (Å²) in [6, 6.07) is 9.60. The lowest BCUT2D eigenvalue weighted by molar-refractivity contribution is 0.340. The van der Waals surface area contributed by atoms with E-state index in [2.05, 4.69) is 14.7 Å². The molecule has 0 radical (unpaired) electrons. The number of sulfonamides is 1. The average molecular weight is 344 g/mol. The summed E-state index contributed by atoms with van der Waals surface area (Å²) in [5.74, 6) is 1.28. The number of rotatable bonds is 6. The molecular formula is C16H16N4O3S. The monoisotopic (exact) mass is 344 g/mol. The zero-order chi connectivity index (χ0) is 17.0. The molecule has 2 aromatic heterocycles. The number of nitrogens with one attached hydrogen (secondary N) is 1. The average Bonchev–Trinajstić information content (AvgIpc) is 3.10. The molecule has 0 saturated carbocycles. The Balaban J connectivity index is 1.76. The van der Waals surface area contributed by atoms with Crippen LogP contribution in [0.15, 0.2) is 66.2 Å². The molecule has 0 aliphatic carbocycles. The van der Waals surface area contributed by atoms with Crippen molar-refractivity contribution in [2.75, 3.05) is 11.3 Å². The molecule has 0 spiro atoms. The van der Waals surface area contributed by atoms with Gasteiger partial charge in [0, 0.05) is 12.4 Å². The van der Waals surface area contributed by atoms with Gasteiger partial charge in [0.25, 0.3) is 10.0 Å². The van der Waals surface area contributed by atoms with Gasteiger partial charge in [0.1, 0.15) is 17.9 Å². The Labute approximate surface area is 140 Å². The summed E-state index contributed by atoms with van der Waals surface area (Å²) in [7, 11) is -3.68. The number of ether oxygens (including phenoxy) is 1. The minimum atomic E-state index is -3.68. The standard InChI is InChI=1S/C16H16N4O3S/c1-2-23-14-4-6-15(7-5-14)24(21,22)19-13-3-8-16(18-11-13)20-10-9-17-12-20/h3-12,19H,2H2,1H3. The molecule has 8 heteroatoms. The second kappa shape index (κ2) is 6.71. The predicted molar refractivity (Wildman–Crippen MR) is 89.8 cm³/mol. The van der Waals surface area contributed by atoms with Gasteiger partial charge in [-0.05, 0) is 43.3 Å². The van der Waals surface area contributed by atoms with Crippen LogP contribution in [0.4, 0.5) is 5.69 Å². The zero-order valence-corrected chi connectivity index (χ0v) is 13.8. The maximum Gasteiger partial charge on any atom is 0.261 e. The molecule has 7 nitrogen and oxygen atoms in total. The van der Waals surface area contributed by atoms with E-state index in [1.165, 1.54) is 18.3 Å². The van der Waals surface area contributed by atoms with Gasteiger partial charge < -0.3 is 4.74 Å². The quantitative estimate of drug-likeness (QED) is 0.742. The first-order valence-corrected chi connectivity index (χ1v) is 8.77.